The quantitative estimate of drug-likeness (QED) is 0.657. The van der Waals surface area contributed by atoms with Crippen LogP contribution in [0.1, 0.15) is 23.7 Å². The molecule has 0 amide bonds. The lowest BCUT2D eigenvalue weighted by molar-refractivity contribution is 0.0206. The Bertz CT molecular complexity index is 440. The molecule has 1 aliphatic heterocycles. The van der Waals surface area contributed by atoms with Gasteiger partial charge in [0.1, 0.15) is 28.9 Å². The third kappa shape index (κ3) is 1.49. The number of aliphatic hydroxyl groups is 1. The molecule has 0 unspecified atom stereocenters. The summed E-state index contributed by atoms with van der Waals surface area (Å²) in [7, 11) is 0. The SMILES string of the molecule is CC[C@H]1Oc2cc(O)cc(O)c2C(=O)[C@@H]1O. The van der Waals surface area contributed by atoms with Crippen LogP contribution >= 0.6 is 0 Å². The van der Waals surface area contributed by atoms with E-state index in [4.69, 9.17) is 4.74 Å². The molecule has 0 fully saturated rings. The van der Waals surface area contributed by atoms with Gasteiger partial charge in [-0.15, -0.1) is 0 Å². The van der Waals surface area contributed by atoms with Crippen molar-refractivity contribution in [2.75, 3.05) is 0 Å². The number of phenolic OH excluding ortho intramolecular Hbond substituents is 2. The van der Waals surface area contributed by atoms with Crippen LogP contribution in [0, 0.1) is 0 Å². The fourth-order valence-electron chi connectivity index (χ4n) is 1.78. The number of hydrogen-bond donors (Lipinski definition) is 3. The third-order valence-electron chi connectivity index (χ3n) is 2.61. The Morgan fingerprint density at radius 1 is 1.38 bits per heavy atom. The molecule has 2 atom stereocenters. The Hall–Kier alpha value is -1.75. The zero-order valence-electron chi connectivity index (χ0n) is 8.67. The first-order valence-electron chi connectivity index (χ1n) is 4.99. The van der Waals surface area contributed by atoms with Crippen LogP contribution in [0.2, 0.25) is 0 Å². The fraction of sp³-hybridized carbons (Fsp3) is 0.364. The molecule has 2 rings (SSSR count). The standard InChI is InChI=1S/C11H12O5/c1-2-7-10(14)11(15)9-6(13)3-5(12)4-8(9)16-7/h3-4,7,10,12-14H,2H2,1H3/t7-,10-/m1/s1. The van der Waals surface area contributed by atoms with Gasteiger partial charge in [0.15, 0.2) is 6.10 Å². The van der Waals surface area contributed by atoms with E-state index in [-0.39, 0.29) is 22.8 Å². The van der Waals surface area contributed by atoms with Gasteiger partial charge in [0.05, 0.1) is 0 Å². The number of hydrogen-bond acceptors (Lipinski definition) is 5. The van der Waals surface area contributed by atoms with Crippen molar-refractivity contribution in [3.8, 4) is 17.2 Å². The molecule has 86 valence electrons. The summed E-state index contributed by atoms with van der Waals surface area (Å²) in [6.45, 7) is 1.77. The van der Waals surface area contributed by atoms with Gasteiger partial charge in [0.25, 0.3) is 0 Å². The lowest BCUT2D eigenvalue weighted by atomic mass is 9.95. The second-order valence-electron chi connectivity index (χ2n) is 3.71. The molecule has 5 nitrogen and oxygen atoms in total. The molecule has 0 spiro atoms. The Morgan fingerprint density at radius 3 is 2.69 bits per heavy atom. The molecule has 1 heterocycles. The number of aromatic hydroxyl groups is 2. The van der Waals surface area contributed by atoms with Crippen molar-refractivity contribution in [1.82, 2.24) is 0 Å². The van der Waals surface area contributed by atoms with Gasteiger partial charge in [0, 0.05) is 12.1 Å². The van der Waals surface area contributed by atoms with Crippen molar-refractivity contribution in [1.29, 1.82) is 0 Å². The van der Waals surface area contributed by atoms with Crippen molar-refractivity contribution in [2.45, 2.75) is 25.6 Å². The number of fused-ring (bicyclic) bond motifs is 1. The molecule has 1 aromatic carbocycles. The number of benzene rings is 1. The van der Waals surface area contributed by atoms with Crippen molar-refractivity contribution in [2.24, 2.45) is 0 Å². The fourth-order valence-corrected chi connectivity index (χ4v) is 1.78. The van der Waals surface area contributed by atoms with Crippen LogP contribution < -0.4 is 4.74 Å². The van der Waals surface area contributed by atoms with Gasteiger partial charge < -0.3 is 20.1 Å². The number of aliphatic hydroxyl groups excluding tert-OH is 1. The highest BCUT2D eigenvalue weighted by Gasteiger charge is 2.37. The number of phenols is 2. The van der Waals surface area contributed by atoms with E-state index in [9.17, 15) is 20.1 Å². The van der Waals surface area contributed by atoms with Crippen LogP contribution in [0.3, 0.4) is 0 Å². The van der Waals surface area contributed by atoms with E-state index >= 15 is 0 Å². The van der Waals surface area contributed by atoms with E-state index in [2.05, 4.69) is 0 Å². The predicted molar refractivity (Wildman–Crippen MR) is 54.8 cm³/mol. The molecule has 0 aliphatic carbocycles. The number of Topliss-reactive ketones (excluding diaryl/α,β-unsaturated/α-hetero) is 1. The maximum Gasteiger partial charge on any atom is 0.202 e. The summed E-state index contributed by atoms with van der Waals surface area (Å²) in [5, 5.41) is 28.4. The maximum atomic E-state index is 11.7. The molecular formula is C11H12O5. The minimum atomic E-state index is -1.27. The van der Waals surface area contributed by atoms with E-state index in [0.29, 0.717) is 6.42 Å². The first-order chi connectivity index (χ1) is 7.54. The van der Waals surface area contributed by atoms with E-state index in [1.165, 1.54) is 6.07 Å². The summed E-state index contributed by atoms with van der Waals surface area (Å²) >= 11 is 0. The van der Waals surface area contributed by atoms with E-state index in [0.717, 1.165) is 6.07 Å². The van der Waals surface area contributed by atoms with Crippen LogP contribution in [0.15, 0.2) is 12.1 Å². The van der Waals surface area contributed by atoms with E-state index in [1.54, 1.807) is 6.92 Å². The minimum absolute atomic E-state index is 0.0741. The number of rotatable bonds is 1. The normalized spacial score (nSPS) is 23.8. The smallest absolute Gasteiger partial charge is 0.202 e. The number of ketones is 1. The van der Waals surface area contributed by atoms with Crippen molar-refractivity contribution in [3.05, 3.63) is 17.7 Å². The maximum absolute atomic E-state index is 11.7. The number of carbonyl (C=O) groups is 1. The lowest BCUT2D eigenvalue weighted by Gasteiger charge is -2.29. The van der Waals surface area contributed by atoms with Gasteiger partial charge in [0.2, 0.25) is 5.78 Å². The molecular weight excluding hydrogens is 212 g/mol. The van der Waals surface area contributed by atoms with Gasteiger partial charge in [-0.3, -0.25) is 4.79 Å². The molecule has 16 heavy (non-hydrogen) atoms. The average molecular weight is 224 g/mol. The van der Waals surface area contributed by atoms with Gasteiger partial charge >= 0.3 is 0 Å². The summed E-state index contributed by atoms with van der Waals surface area (Å²) < 4.78 is 5.33. The highest BCUT2D eigenvalue weighted by Crippen LogP contribution is 2.38. The summed E-state index contributed by atoms with van der Waals surface area (Å²) in [5.74, 6) is -1.03. The van der Waals surface area contributed by atoms with Crippen molar-refractivity contribution >= 4 is 5.78 Å². The van der Waals surface area contributed by atoms with Gasteiger partial charge in [-0.05, 0) is 6.42 Å². The molecule has 0 saturated heterocycles. The minimum Gasteiger partial charge on any atom is -0.508 e. The molecule has 0 radical (unpaired) electrons. The molecule has 3 N–H and O–H groups in total. The summed E-state index contributed by atoms with van der Waals surface area (Å²) in [6.07, 6.45) is -1.45. The second-order valence-corrected chi connectivity index (χ2v) is 3.71. The largest absolute Gasteiger partial charge is 0.508 e. The summed E-state index contributed by atoms with van der Waals surface area (Å²) in [4.78, 5) is 11.7. The molecule has 0 saturated carbocycles. The van der Waals surface area contributed by atoms with E-state index in [1.807, 2.05) is 0 Å². The molecule has 1 aromatic rings. The van der Waals surface area contributed by atoms with Gasteiger partial charge in [-0.1, -0.05) is 6.92 Å². The van der Waals surface area contributed by atoms with Crippen LogP contribution in [-0.2, 0) is 0 Å². The highest BCUT2D eigenvalue weighted by atomic mass is 16.5. The van der Waals surface area contributed by atoms with Crippen LogP contribution in [0.5, 0.6) is 17.2 Å². The first-order valence-corrected chi connectivity index (χ1v) is 4.99. The average Bonchev–Trinajstić information content (AvgIpc) is 2.22. The lowest BCUT2D eigenvalue weighted by Crippen LogP contribution is -2.41. The number of ether oxygens (including phenoxy) is 1. The molecule has 1 aliphatic rings. The summed E-state index contributed by atoms with van der Waals surface area (Å²) in [6, 6.07) is 2.29. The third-order valence-corrected chi connectivity index (χ3v) is 2.61. The van der Waals surface area contributed by atoms with Crippen LogP contribution in [0.25, 0.3) is 0 Å². The monoisotopic (exact) mass is 224 g/mol. The highest BCUT2D eigenvalue weighted by molar-refractivity contribution is 6.05. The number of carbonyl (C=O) groups excluding carboxylic acids is 1. The predicted octanol–water partition coefficient (Wildman–Crippen LogP) is 0.812. The Kier molecular flexibility index (Phi) is 2.47. The summed E-state index contributed by atoms with van der Waals surface area (Å²) in [5.41, 5.74) is -0.0741. The Labute approximate surface area is 91.9 Å². The van der Waals surface area contributed by atoms with Crippen molar-refractivity contribution < 1.29 is 24.9 Å². The molecule has 0 aromatic heterocycles. The zero-order valence-corrected chi connectivity index (χ0v) is 8.67. The molecule has 0 bridgehead atoms. The Morgan fingerprint density at radius 2 is 2.06 bits per heavy atom. The van der Waals surface area contributed by atoms with Crippen LogP contribution in [0.4, 0.5) is 0 Å². The second kappa shape index (κ2) is 3.68. The van der Waals surface area contributed by atoms with Crippen molar-refractivity contribution in [3.63, 3.8) is 0 Å². The Balaban J connectivity index is 2.54. The van der Waals surface area contributed by atoms with Gasteiger partial charge in [-0.2, -0.15) is 0 Å². The van der Waals surface area contributed by atoms with E-state index < -0.39 is 18.0 Å². The molecule has 5 heteroatoms. The van der Waals surface area contributed by atoms with Crippen LogP contribution in [-0.4, -0.2) is 33.3 Å². The van der Waals surface area contributed by atoms with Gasteiger partial charge in [-0.25, -0.2) is 0 Å². The first kappa shape index (κ1) is 10.8. The topological polar surface area (TPSA) is 87.0 Å². The zero-order chi connectivity index (χ0) is 11.9.